The maximum absolute atomic E-state index is 12.4. The van der Waals surface area contributed by atoms with Gasteiger partial charge in [-0.3, -0.25) is 9.59 Å². The summed E-state index contributed by atoms with van der Waals surface area (Å²) in [7, 11) is 1.74. The van der Waals surface area contributed by atoms with Crippen molar-refractivity contribution in [3.8, 4) is 0 Å². The molecule has 2 N–H and O–H groups in total. The number of anilines is 2. The predicted octanol–water partition coefficient (Wildman–Crippen LogP) is 4.19. The van der Waals surface area contributed by atoms with E-state index in [1.54, 1.807) is 36.7 Å². The van der Waals surface area contributed by atoms with Gasteiger partial charge in [0.25, 0.3) is 0 Å². The van der Waals surface area contributed by atoms with E-state index in [2.05, 4.69) is 25.8 Å². The normalized spacial score (nSPS) is 11.9. The molecule has 0 aliphatic heterocycles. The lowest BCUT2D eigenvalue weighted by Gasteiger charge is -2.10. The topological polar surface area (TPSA) is 102 Å². The Balaban J connectivity index is 1.60. The fourth-order valence-corrected chi connectivity index (χ4v) is 4.24. The second kappa shape index (κ2) is 9.78. The summed E-state index contributed by atoms with van der Waals surface area (Å²) in [5.74, 6) is -0.0419. The Morgan fingerprint density at radius 1 is 1.27 bits per heavy atom. The Morgan fingerprint density at radius 3 is 2.73 bits per heavy atom. The van der Waals surface area contributed by atoms with E-state index >= 15 is 0 Å². The molecule has 3 aromatic rings. The van der Waals surface area contributed by atoms with Gasteiger partial charge in [0.2, 0.25) is 11.8 Å². The van der Waals surface area contributed by atoms with Crippen molar-refractivity contribution in [1.82, 2.24) is 19.7 Å². The van der Waals surface area contributed by atoms with Gasteiger partial charge in [-0.2, -0.15) is 0 Å². The summed E-state index contributed by atoms with van der Waals surface area (Å²) in [6.45, 7) is 3.63. The van der Waals surface area contributed by atoms with Crippen LogP contribution in [0.5, 0.6) is 0 Å². The summed E-state index contributed by atoms with van der Waals surface area (Å²) >= 11 is 14.7. The van der Waals surface area contributed by atoms with E-state index < -0.39 is 5.25 Å². The van der Waals surface area contributed by atoms with Gasteiger partial charge in [0, 0.05) is 12.4 Å². The van der Waals surface area contributed by atoms with Crippen molar-refractivity contribution in [2.24, 2.45) is 7.05 Å². The van der Waals surface area contributed by atoms with Crippen LogP contribution < -0.4 is 10.6 Å². The molecule has 0 radical (unpaired) electrons. The first-order chi connectivity index (χ1) is 14.2. The highest BCUT2D eigenvalue weighted by molar-refractivity contribution is 8.00. The molecular weight excluding hydrogens is 467 g/mol. The molecule has 0 saturated heterocycles. The SMILES string of the molecule is Cc1csc(NC(=O)[C@H](C)Sc2nnc(CC(=O)Nc3cccc(Cl)c3Cl)n2C)n1. The number of halogens is 2. The van der Waals surface area contributed by atoms with Gasteiger partial charge in [-0.05, 0) is 26.0 Å². The first-order valence-corrected chi connectivity index (χ1v) is 11.3. The summed E-state index contributed by atoms with van der Waals surface area (Å²) in [6.07, 6.45) is -0.00806. The monoisotopic (exact) mass is 484 g/mol. The van der Waals surface area contributed by atoms with E-state index in [0.29, 0.717) is 26.8 Å². The zero-order chi connectivity index (χ0) is 21.8. The highest BCUT2D eigenvalue weighted by Crippen LogP contribution is 2.29. The number of hydrogen-bond acceptors (Lipinski definition) is 7. The molecular formula is C18H18Cl2N6O2S2. The summed E-state index contributed by atoms with van der Waals surface area (Å²) in [6, 6.07) is 4.99. The van der Waals surface area contributed by atoms with Gasteiger partial charge in [-0.1, -0.05) is 41.0 Å². The number of thioether (sulfide) groups is 1. The average molecular weight is 485 g/mol. The standard InChI is InChI=1S/C18H18Cl2N6O2S2/c1-9-8-29-17(21-9)23-16(28)10(2)30-18-25-24-13(26(18)3)7-14(27)22-12-6-4-5-11(19)15(12)20/h4-6,8,10H,7H2,1-3H3,(H,22,27)(H,21,23,28)/t10-/m0/s1. The Hall–Kier alpha value is -2.14. The zero-order valence-electron chi connectivity index (χ0n) is 16.3. The zero-order valence-corrected chi connectivity index (χ0v) is 19.4. The van der Waals surface area contributed by atoms with Crippen LogP contribution in [0.3, 0.4) is 0 Å². The van der Waals surface area contributed by atoms with E-state index in [1.165, 1.54) is 23.1 Å². The molecule has 12 heteroatoms. The molecule has 2 aromatic heterocycles. The summed E-state index contributed by atoms with van der Waals surface area (Å²) in [4.78, 5) is 29.0. The third-order valence-electron chi connectivity index (χ3n) is 3.97. The molecule has 0 saturated carbocycles. The Labute approximate surface area is 191 Å². The molecule has 158 valence electrons. The average Bonchev–Trinajstić information content (AvgIpc) is 3.25. The van der Waals surface area contributed by atoms with Gasteiger partial charge in [0.15, 0.2) is 10.3 Å². The minimum Gasteiger partial charge on any atom is -0.324 e. The number of carbonyl (C=O) groups excluding carboxylic acids is 2. The number of benzene rings is 1. The van der Waals surface area contributed by atoms with Crippen LogP contribution in [0, 0.1) is 6.92 Å². The van der Waals surface area contributed by atoms with Gasteiger partial charge >= 0.3 is 0 Å². The van der Waals surface area contributed by atoms with Crippen LogP contribution in [0.2, 0.25) is 10.0 Å². The quantitative estimate of drug-likeness (QED) is 0.487. The first kappa shape index (κ1) is 22.5. The minimum absolute atomic E-state index is 0.00806. The van der Waals surface area contributed by atoms with Crippen LogP contribution in [-0.2, 0) is 23.1 Å². The number of rotatable bonds is 7. The number of nitrogens with zero attached hydrogens (tertiary/aromatic N) is 4. The number of carbonyl (C=O) groups is 2. The second-order valence-electron chi connectivity index (χ2n) is 6.33. The molecule has 0 aliphatic rings. The van der Waals surface area contributed by atoms with Crippen LogP contribution in [0.15, 0.2) is 28.7 Å². The van der Waals surface area contributed by atoms with E-state index in [0.717, 1.165) is 5.69 Å². The van der Waals surface area contributed by atoms with Gasteiger partial charge in [-0.25, -0.2) is 4.98 Å². The smallest absolute Gasteiger partial charge is 0.239 e. The molecule has 1 aromatic carbocycles. The van der Waals surface area contributed by atoms with Crippen LogP contribution in [0.4, 0.5) is 10.8 Å². The van der Waals surface area contributed by atoms with Gasteiger partial charge in [-0.15, -0.1) is 21.5 Å². The van der Waals surface area contributed by atoms with Gasteiger partial charge in [0.1, 0.15) is 5.82 Å². The van der Waals surface area contributed by atoms with Crippen LogP contribution in [-0.4, -0.2) is 36.8 Å². The third-order valence-corrected chi connectivity index (χ3v) is 6.80. The number of aromatic nitrogens is 4. The number of thiazole rings is 1. The van der Waals surface area contributed by atoms with Crippen molar-refractivity contribution < 1.29 is 9.59 Å². The molecule has 3 rings (SSSR count). The van der Waals surface area contributed by atoms with Crippen molar-refractivity contribution in [3.05, 3.63) is 45.1 Å². The minimum atomic E-state index is -0.427. The van der Waals surface area contributed by atoms with Crippen molar-refractivity contribution in [2.45, 2.75) is 30.7 Å². The predicted molar refractivity (Wildman–Crippen MR) is 121 cm³/mol. The highest BCUT2D eigenvalue weighted by Gasteiger charge is 2.21. The van der Waals surface area contributed by atoms with Crippen molar-refractivity contribution in [1.29, 1.82) is 0 Å². The molecule has 1 atom stereocenters. The van der Waals surface area contributed by atoms with Crippen molar-refractivity contribution in [2.75, 3.05) is 10.6 Å². The summed E-state index contributed by atoms with van der Waals surface area (Å²) in [5.41, 5.74) is 1.28. The van der Waals surface area contributed by atoms with E-state index in [9.17, 15) is 9.59 Å². The highest BCUT2D eigenvalue weighted by atomic mass is 35.5. The Kier molecular flexibility index (Phi) is 7.35. The Bertz CT molecular complexity index is 1080. The van der Waals surface area contributed by atoms with Gasteiger partial charge in [0.05, 0.1) is 33.1 Å². The van der Waals surface area contributed by atoms with Gasteiger partial charge < -0.3 is 15.2 Å². The third kappa shape index (κ3) is 5.51. The van der Waals surface area contributed by atoms with Crippen LogP contribution in [0.25, 0.3) is 0 Å². The fraction of sp³-hybridized carbons (Fsp3) is 0.278. The Morgan fingerprint density at radius 2 is 2.03 bits per heavy atom. The fourth-order valence-electron chi connectivity index (χ4n) is 2.37. The molecule has 0 aliphatic carbocycles. The molecule has 0 unspecified atom stereocenters. The number of hydrogen-bond donors (Lipinski definition) is 2. The number of amides is 2. The van der Waals surface area contributed by atoms with Crippen LogP contribution >= 0.6 is 46.3 Å². The molecule has 0 spiro atoms. The number of nitrogens with one attached hydrogen (secondary N) is 2. The van der Waals surface area contributed by atoms with Crippen LogP contribution in [0.1, 0.15) is 18.4 Å². The molecule has 8 nitrogen and oxygen atoms in total. The van der Waals surface area contributed by atoms with E-state index in [4.69, 9.17) is 23.2 Å². The molecule has 2 amide bonds. The molecule has 2 heterocycles. The summed E-state index contributed by atoms with van der Waals surface area (Å²) in [5, 5.41) is 16.8. The molecule has 30 heavy (non-hydrogen) atoms. The van der Waals surface area contributed by atoms with E-state index in [-0.39, 0.29) is 23.3 Å². The maximum atomic E-state index is 12.4. The van der Waals surface area contributed by atoms with Crippen molar-refractivity contribution in [3.63, 3.8) is 0 Å². The lowest BCUT2D eigenvalue weighted by Crippen LogP contribution is -2.23. The number of aryl methyl sites for hydroxylation is 1. The van der Waals surface area contributed by atoms with E-state index in [1.807, 2.05) is 12.3 Å². The van der Waals surface area contributed by atoms with Crippen molar-refractivity contribution >= 4 is 68.9 Å². The maximum Gasteiger partial charge on any atom is 0.239 e. The second-order valence-corrected chi connectivity index (χ2v) is 9.28. The first-order valence-electron chi connectivity index (χ1n) is 8.76. The lowest BCUT2D eigenvalue weighted by atomic mass is 10.3. The lowest BCUT2D eigenvalue weighted by molar-refractivity contribution is -0.116. The largest absolute Gasteiger partial charge is 0.324 e. The summed E-state index contributed by atoms with van der Waals surface area (Å²) < 4.78 is 1.68. The molecule has 0 fully saturated rings. The molecule has 0 bridgehead atoms.